The summed E-state index contributed by atoms with van der Waals surface area (Å²) in [7, 11) is 0. The lowest BCUT2D eigenvalue weighted by Crippen LogP contribution is -2.28. The average molecular weight is 466 g/mol. The number of fused-ring (bicyclic) bond motifs is 1. The molecule has 4 aromatic rings. The normalized spacial score (nSPS) is 11.6. The molecular weight excluding hydrogens is 437 g/mol. The largest absolute Gasteiger partial charge is 0.494 e. The van der Waals surface area contributed by atoms with Crippen molar-refractivity contribution in [3.05, 3.63) is 87.4 Å². The fourth-order valence-electron chi connectivity index (χ4n) is 3.91. The molecule has 5 nitrogen and oxygen atoms in total. The highest BCUT2D eigenvalue weighted by molar-refractivity contribution is 7.15. The fraction of sp³-hybridized carbons (Fsp3) is 0.308. The molecule has 0 radical (unpaired) electrons. The van der Waals surface area contributed by atoms with Crippen LogP contribution >= 0.6 is 11.3 Å². The monoisotopic (exact) mass is 465 g/mol. The summed E-state index contributed by atoms with van der Waals surface area (Å²) in [5, 5.41) is 1.90. The minimum atomic E-state index is -0.302. The first-order valence-corrected chi connectivity index (χ1v) is 12.0. The zero-order chi connectivity index (χ0) is 23.4. The van der Waals surface area contributed by atoms with Crippen molar-refractivity contribution in [3.8, 4) is 17.0 Å². The van der Waals surface area contributed by atoms with E-state index in [2.05, 4.69) is 30.9 Å². The van der Waals surface area contributed by atoms with Crippen LogP contribution in [0.3, 0.4) is 0 Å². The maximum absolute atomic E-state index is 13.3. The van der Waals surface area contributed by atoms with Crippen LogP contribution in [-0.2, 0) is 13.1 Å². The summed E-state index contributed by atoms with van der Waals surface area (Å²) in [6.07, 6.45) is 0. The van der Waals surface area contributed by atoms with Gasteiger partial charge in [-0.2, -0.15) is 0 Å². The van der Waals surface area contributed by atoms with Gasteiger partial charge in [0.05, 0.1) is 18.0 Å². The number of benzene rings is 2. The van der Waals surface area contributed by atoms with Crippen LogP contribution in [0.15, 0.2) is 64.8 Å². The fourth-order valence-corrected chi connectivity index (χ4v) is 4.84. The molecule has 2 aromatic carbocycles. The van der Waals surface area contributed by atoms with Gasteiger partial charge in [0.25, 0.3) is 5.56 Å². The molecule has 2 heterocycles. The lowest BCUT2D eigenvalue weighted by Gasteiger charge is -2.24. The molecule has 0 aliphatic rings. The number of rotatable bonds is 9. The van der Waals surface area contributed by atoms with E-state index in [9.17, 15) is 9.18 Å². The topological polar surface area (TPSA) is 46.8 Å². The number of ether oxygens (including phenoxy) is 1. The molecule has 172 valence electrons. The van der Waals surface area contributed by atoms with E-state index in [0.29, 0.717) is 24.0 Å². The summed E-state index contributed by atoms with van der Waals surface area (Å²) >= 11 is 1.42. The Balaban J connectivity index is 1.58. The molecule has 0 saturated carbocycles. The third kappa shape index (κ3) is 5.67. The molecule has 33 heavy (non-hydrogen) atoms. The van der Waals surface area contributed by atoms with Gasteiger partial charge in [0.15, 0.2) is 4.96 Å². The van der Waals surface area contributed by atoms with Crippen LogP contribution in [0, 0.1) is 11.7 Å². The molecule has 0 spiro atoms. The SMILES string of the molecule is CCOc1ccc(CN(Cc2cc(=O)n3c(-c4ccc(F)cc4)csc3n2)CC(C)C)cc1. The molecule has 4 rings (SSSR count). The summed E-state index contributed by atoms with van der Waals surface area (Å²) in [5.41, 5.74) is 3.33. The van der Waals surface area contributed by atoms with Gasteiger partial charge in [-0.15, -0.1) is 11.3 Å². The van der Waals surface area contributed by atoms with E-state index >= 15 is 0 Å². The van der Waals surface area contributed by atoms with Gasteiger partial charge in [0, 0.05) is 31.1 Å². The van der Waals surface area contributed by atoms with E-state index in [1.165, 1.54) is 29.0 Å². The van der Waals surface area contributed by atoms with Crippen LogP contribution in [-0.4, -0.2) is 27.4 Å². The second-order valence-corrected chi connectivity index (χ2v) is 9.31. The van der Waals surface area contributed by atoms with Crippen molar-refractivity contribution in [2.75, 3.05) is 13.2 Å². The van der Waals surface area contributed by atoms with Crippen LogP contribution < -0.4 is 10.3 Å². The first-order valence-electron chi connectivity index (χ1n) is 11.1. The van der Waals surface area contributed by atoms with Gasteiger partial charge in [-0.05, 0) is 60.4 Å². The summed E-state index contributed by atoms with van der Waals surface area (Å²) in [5.74, 6) is 1.04. The second-order valence-electron chi connectivity index (χ2n) is 8.47. The first kappa shape index (κ1) is 23.1. The molecule has 0 unspecified atom stereocenters. The highest BCUT2D eigenvalue weighted by Crippen LogP contribution is 2.24. The molecule has 0 N–H and O–H groups in total. The third-order valence-corrected chi connectivity index (χ3v) is 6.07. The lowest BCUT2D eigenvalue weighted by molar-refractivity contribution is 0.225. The van der Waals surface area contributed by atoms with Crippen LogP contribution in [0.1, 0.15) is 32.0 Å². The van der Waals surface area contributed by atoms with E-state index in [0.717, 1.165) is 35.8 Å². The Hall–Kier alpha value is -3.03. The number of hydrogen-bond donors (Lipinski definition) is 0. The lowest BCUT2D eigenvalue weighted by atomic mass is 10.1. The minimum Gasteiger partial charge on any atom is -0.494 e. The molecule has 0 saturated heterocycles. The third-order valence-electron chi connectivity index (χ3n) is 5.25. The molecule has 0 atom stereocenters. The van der Waals surface area contributed by atoms with Gasteiger partial charge in [0.2, 0.25) is 0 Å². The summed E-state index contributed by atoms with van der Waals surface area (Å²) in [6.45, 7) is 9.22. The predicted molar refractivity (Wildman–Crippen MR) is 131 cm³/mol. The van der Waals surface area contributed by atoms with Crippen LogP contribution in [0.2, 0.25) is 0 Å². The van der Waals surface area contributed by atoms with Gasteiger partial charge < -0.3 is 4.74 Å². The standard InChI is InChI=1S/C26H28FN3O2S/c1-4-32-23-11-5-19(6-12-23)15-29(14-18(2)3)16-22-13-25(31)30-24(17-33-26(30)28-22)20-7-9-21(27)10-8-20/h5-13,17-18H,4,14-16H2,1-3H3. The Kier molecular flexibility index (Phi) is 7.20. The van der Waals surface area contributed by atoms with Crippen molar-refractivity contribution >= 4 is 16.3 Å². The number of thiazole rings is 1. The van der Waals surface area contributed by atoms with Crippen molar-refractivity contribution in [2.24, 2.45) is 5.92 Å². The Morgan fingerprint density at radius 1 is 1.09 bits per heavy atom. The maximum atomic E-state index is 13.3. The summed E-state index contributed by atoms with van der Waals surface area (Å²) in [4.78, 5) is 20.7. The molecule has 0 aliphatic carbocycles. The van der Waals surface area contributed by atoms with Gasteiger partial charge in [-0.3, -0.25) is 14.1 Å². The molecule has 0 aliphatic heterocycles. The van der Waals surface area contributed by atoms with Crippen LogP contribution in [0.5, 0.6) is 5.75 Å². The number of halogens is 1. The molecule has 2 aromatic heterocycles. The van der Waals surface area contributed by atoms with Crippen molar-refractivity contribution in [1.82, 2.24) is 14.3 Å². The summed E-state index contributed by atoms with van der Waals surface area (Å²) in [6, 6.07) is 15.9. The van der Waals surface area contributed by atoms with Gasteiger partial charge in [-0.1, -0.05) is 26.0 Å². The van der Waals surface area contributed by atoms with Crippen molar-refractivity contribution in [3.63, 3.8) is 0 Å². The van der Waals surface area contributed by atoms with Gasteiger partial charge in [0.1, 0.15) is 11.6 Å². The molecule has 7 heteroatoms. The van der Waals surface area contributed by atoms with E-state index in [-0.39, 0.29) is 11.4 Å². The van der Waals surface area contributed by atoms with Crippen molar-refractivity contribution < 1.29 is 9.13 Å². The Morgan fingerprint density at radius 3 is 2.48 bits per heavy atom. The molecule has 0 bridgehead atoms. The van der Waals surface area contributed by atoms with E-state index in [4.69, 9.17) is 9.72 Å². The first-order chi connectivity index (χ1) is 15.9. The number of hydrogen-bond acceptors (Lipinski definition) is 5. The predicted octanol–water partition coefficient (Wildman–Crippen LogP) is 5.62. The van der Waals surface area contributed by atoms with Gasteiger partial charge in [-0.25, -0.2) is 9.37 Å². The van der Waals surface area contributed by atoms with E-state index in [1.54, 1.807) is 22.6 Å². The number of aromatic nitrogens is 2. The number of nitrogens with zero attached hydrogens (tertiary/aromatic N) is 3. The van der Waals surface area contributed by atoms with E-state index in [1.807, 2.05) is 24.4 Å². The average Bonchev–Trinajstić information content (AvgIpc) is 3.20. The van der Waals surface area contributed by atoms with Crippen LogP contribution in [0.4, 0.5) is 4.39 Å². The highest BCUT2D eigenvalue weighted by Gasteiger charge is 2.15. The zero-order valence-corrected chi connectivity index (χ0v) is 19.9. The van der Waals surface area contributed by atoms with Crippen LogP contribution in [0.25, 0.3) is 16.2 Å². The Morgan fingerprint density at radius 2 is 1.82 bits per heavy atom. The van der Waals surface area contributed by atoms with E-state index < -0.39 is 0 Å². The highest BCUT2D eigenvalue weighted by atomic mass is 32.1. The Bertz CT molecular complexity index is 1260. The second kappa shape index (κ2) is 10.3. The van der Waals surface area contributed by atoms with Gasteiger partial charge >= 0.3 is 0 Å². The maximum Gasteiger partial charge on any atom is 0.259 e. The quantitative estimate of drug-likeness (QED) is 0.322. The minimum absolute atomic E-state index is 0.124. The molecular formula is C26H28FN3O2S. The zero-order valence-electron chi connectivity index (χ0n) is 19.1. The Labute approximate surface area is 197 Å². The smallest absolute Gasteiger partial charge is 0.259 e. The molecule has 0 fully saturated rings. The van der Waals surface area contributed by atoms with Crippen molar-refractivity contribution in [2.45, 2.75) is 33.9 Å². The van der Waals surface area contributed by atoms with Crippen molar-refractivity contribution in [1.29, 1.82) is 0 Å². The molecule has 0 amide bonds. The summed E-state index contributed by atoms with van der Waals surface area (Å²) < 4.78 is 20.4.